The lowest BCUT2D eigenvalue weighted by Gasteiger charge is -2.19. The van der Waals surface area contributed by atoms with Crippen LogP contribution < -0.4 is 10.6 Å². The molecule has 2 N–H and O–H groups in total. The summed E-state index contributed by atoms with van der Waals surface area (Å²) in [7, 11) is 0. The van der Waals surface area contributed by atoms with Crippen molar-refractivity contribution in [3.05, 3.63) is 59.4 Å². The van der Waals surface area contributed by atoms with Crippen LogP contribution in [0.4, 0.5) is 5.69 Å². The first kappa shape index (κ1) is 11.9. The van der Waals surface area contributed by atoms with E-state index in [2.05, 4.69) is 21.7 Å². The Hall–Kier alpha value is -2.20. The van der Waals surface area contributed by atoms with Gasteiger partial charge in [-0.1, -0.05) is 12.1 Å². The van der Waals surface area contributed by atoms with Crippen molar-refractivity contribution < 1.29 is 4.79 Å². The van der Waals surface area contributed by atoms with Crippen LogP contribution in [-0.4, -0.2) is 17.4 Å². The molecule has 0 saturated carbocycles. The molecule has 1 aromatic heterocycles. The number of fused-ring (bicyclic) bond motifs is 1. The van der Waals surface area contributed by atoms with E-state index in [9.17, 15) is 4.79 Å². The van der Waals surface area contributed by atoms with E-state index in [1.165, 1.54) is 5.56 Å². The summed E-state index contributed by atoms with van der Waals surface area (Å²) in [6, 6.07) is 9.55. The number of amides is 1. The molecule has 0 saturated heterocycles. The van der Waals surface area contributed by atoms with Crippen molar-refractivity contribution in [2.75, 3.05) is 11.9 Å². The second kappa shape index (κ2) is 5.20. The first-order valence-corrected chi connectivity index (χ1v) is 6.37. The first-order chi connectivity index (χ1) is 9.34. The van der Waals surface area contributed by atoms with Gasteiger partial charge in [-0.25, -0.2) is 0 Å². The third kappa shape index (κ3) is 2.48. The fourth-order valence-electron chi connectivity index (χ4n) is 2.36. The van der Waals surface area contributed by atoms with Crippen molar-refractivity contribution in [1.29, 1.82) is 0 Å². The Morgan fingerprint density at radius 2 is 2.21 bits per heavy atom. The van der Waals surface area contributed by atoms with Gasteiger partial charge in [-0.05, 0) is 42.3 Å². The summed E-state index contributed by atoms with van der Waals surface area (Å²) in [5, 5.41) is 6.19. The van der Waals surface area contributed by atoms with Crippen molar-refractivity contribution in [1.82, 2.24) is 10.3 Å². The number of anilines is 1. The Labute approximate surface area is 111 Å². The predicted molar refractivity (Wildman–Crippen MR) is 74.0 cm³/mol. The number of aromatic nitrogens is 1. The maximum Gasteiger partial charge on any atom is 0.256 e. The van der Waals surface area contributed by atoms with Gasteiger partial charge in [0.1, 0.15) is 0 Å². The molecule has 0 atom stereocenters. The van der Waals surface area contributed by atoms with E-state index in [0.717, 1.165) is 30.6 Å². The molecule has 1 aromatic carbocycles. The van der Waals surface area contributed by atoms with Gasteiger partial charge in [0.2, 0.25) is 0 Å². The molecule has 0 aliphatic carbocycles. The number of benzene rings is 1. The molecule has 1 aliphatic rings. The van der Waals surface area contributed by atoms with Crippen LogP contribution in [0.15, 0.2) is 42.7 Å². The Kier molecular flexibility index (Phi) is 3.25. The van der Waals surface area contributed by atoms with Gasteiger partial charge in [-0.2, -0.15) is 0 Å². The standard InChI is InChI=1S/C15H15N3O/c19-15(18-12-4-2-7-16-9-12)13-5-1-3-11-6-8-17-10-14(11)13/h1-5,7,9,17H,6,8,10H2,(H,18,19). The summed E-state index contributed by atoms with van der Waals surface area (Å²) in [4.78, 5) is 16.3. The van der Waals surface area contributed by atoms with Gasteiger partial charge in [-0.15, -0.1) is 0 Å². The van der Waals surface area contributed by atoms with E-state index in [4.69, 9.17) is 0 Å². The average molecular weight is 253 g/mol. The minimum absolute atomic E-state index is 0.0754. The summed E-state index contributed by atoms with van der Waals surface area (Å²) < 4.78 is 0. The molecule has 4 nitrogen and oxygen atoms in total. The Bertz CT molecular complexity index is 596. The number of hydrogen-bond donors (Lipinski definition) is 2. The maximum atomic E-state index is 12.3. The van der Waals surface area contributed by atoms with Crippen LogP contribution >= 0.6 is 0 Å². The SMILES string of the molecule is O=C(Nc1cccnc1)c1cccc2c1CNCC2. The molecule has 0 spiro atoms. The van der Waals surface area contributed by atoms with E-state index in [1.54, 1.807) is 18.5 Å². The van der Waals surface area contributed by atoms with Crippen molar-refractivity contribution in [2.24, 2.45) is 0 Å². The molecule has 2 heterocycles. The molecule has 0 radical (unpaired) electrons. The zero-order valence-electron chi connectivity index (χ0n) is 10.5. The maximum absolute atomic E-state index is 12.3. The summed E-state index contributed by atoms with van der Waals surface area (Å²) in [6.45, 7) is 1.73. The third-order valence-corrected chi connectivity index (χ3v) is 3.31. The highest BCUT2D eigenvalue weighted by atomic mass is 16.1. The molecule has 1 amide bonds. The van der Waals surface area contributed by atoms with E-state index >= 15 is 0 Å². The highest BCUT2D eigenvalue weighted by Crippen LogP contribution is 2.19. The van der Waals surface area contributed by atoms with Crippen molar-refractivity contribution in [3.8, 4) is 0 Å². The minimum atomic E-state index is -0.0754. The van der Waals surface area contributed by atoms with Gasteiger partial charge >= 0.3 is 0 Å². The van der Waals surface area contributed by atoms with Crippen LogP contribution in [0.25, 0.3) is 0 Å². The molecule has 1 aliphatic heterocycles. The molecule has 96 valence electrons. The average Bonchev–Trinajstić information content (AvgIpc) is 2.47. The highest BCUT2D eigenvalue weighted by molar-refractivity contribution is 6.05. The van der Waals surface area contributed by atoms with Crippen LogP contribution in [0, 0.1) is 0 Å². The minimum Gasteiger partial charge on any atom is -0.321 e. The number of rotatable bonds is 2. The van der Waals surface area contributed by atoms with Gasteiger partial charge in [0.05, 0.1) is 11.9 Å². The van der Waals surface area contributed by atoms with E-state index in [0.29, 0.717) is 5.69 Å². The highest BCUT2D eigenvalue weighted by Gasteiger charge is 2.17. The second-order valence-electron chi connectivity index (χ2n) is 4.57. The Balaban J connectivity index is 1.88. The molecular formula is C15H15N3O. The molecule has 2 aromatic rings. The zero-order chi connectivity index (χ0) is 13.1. The van der Waals surface area contributed by atoms with Crippen LogP contribution in [-0.2, 0) is 13.0 Å². The second-order valence-corrected chi connectivity index (χ2v) is 4.57. The van der Waals surface area contributed by atoms with Gasteiger partial charge in [0.15, 0.2) is 0 Å². The largest absolute Gasteiger partial charge is 0.321 e. The predicted octanol–water partition coefficient (Wildman–Crippen LogP) is 1.98. The quantitative estimate of drug-likeness (QED) is 0.860. The number of carbonyl (C=O) groups is 1. The van der Waals surface area contributed by atoms with Crippen molar-refractivity contribution in [2.45, 2.75) is 13.0 Å². The Morgan fingerprint density at radius 3 is 3.05 bits per heavy atom. The zero-order valence-corrected chi connectivity index (χ0v) is 10.5. The summed E-state index contributed by atoms with van der Waals surface area (Å²) in [5.41, 5.74) is 3.83. The van der Waals surface area contributed by atoms with Gasteiger partial charge < -0.3 is 10.6 Å². The number of pyridine rings is 1. The molecule has 3 rings (SSSR count). The number of nitrogens with one attached hydrogen (secondary N) is 2. The van der Waals surface area contributed by atoms with Gasteiger partial charge in [-0.3, -0.25) is 9.78 Å². The van der Waals surface area contributed by atoms with Crippen LogP contribution in [0.5, 0.6) is 0 Å². The summed E-state index contributed by atoms with van der Waals surface area (Å²) in [6.07, 6.45) is 4.30. The van der Waals surface area contributed by atoms with E-state index in [1.807, 2.05) is 18.2 Å². The number of hydrogen-bond acceptors (Lipinski definition) is 3. The molecule has 0 fully saturated rings. The van der Waals surface area contributed by atoms with Gasteiger partial charge in [0, 0.05) is 18.3 Å². The normalized spacial score (nSPS) is 13.7. The Morgan fingerprint density at radius 1 is 1.26 bits per heavy atom. The monoisotopic (exact) mass is 253 g/mol. The fourth-order valence-corrected chi connectivity index (χ4v) is 2.36. The molecular weight excluding hydrogens is 238 g/mol. The first-order valence-electron chi connectivity index (χ1n) is 6.37. The fraction of sp³-hybridized carbons (Fsp3) is 0.200. The lowest BCUT2D eigenvalue weighted by molar-refractivity contribution is 0.102. The van der Waals surface area contributed by atoms with Gasteiger partial charge in [0.25, 0.3) is 5.91 Å². The van der Waals surface area contributed by atoms with Crippen LogP contribution in [0.1, 0.15) is 21.5 Å². The number of nitrogens with zero attached hydrogens (tertiary/aromatic N) is 1. The van der Waals surface area contributed by atoms with Crippen LogP contribution in [0.3, 0.4) is 0 Å². The van der Waals surface area contributed by atoms with Crippen LogP contribution in [0.2, 0.25) is 0 Å². The summed E-state index contributed by atoms with van der Waals surface area (Å²) in [5.74, 6) is -0.0754. The topological polar surface area (TPSA) is 54.0 Å². The molecule has 0 bridgehead atoms. The van der Waals surface area contributed by atoms with Crippen molar-refractivity contribution in [3.63, 3.8) is 0 Å². The molecule has 19 heavy (non-hydrogen) atoms. The van der Waals surface area contributed by atoms with E-state index in [-0.39, 0.29) is 5.91 Å². The molecule has 4 heteroatoms. The molecule has 0 unspecified atom stereocenters. The summed E-state index contributed by atoms with van der Waals surface area (Å²) >= 11 is 0. The van der Waals surface area contributed by atoms with E-state index < -0.39 is 0 Å². The van der Waals surface area contributed by atoms with Crippen molar-refractivity contribution >= 4 is 11.6 Å². The third-order valence-electron chi connectivity index (χ3n) is 3.31. The lowest BCUT2D eigenvalue weighted by Crippen LogP contribution is -2.27. The lowest BCUT2D eigenvalue weighted by atomic mass is 9.95. The smallest absolute Gasteiger partial charge is 0.256 e. The number of carbonyl (C=O) groups excluding carboxylic acids is 1.